The fourth-order valence-electron chi connectivity index (χ4n) is 1.68. The highest BCUT2D eigenvalue weighted by molar-refractivity contribution is 5.86. The fourth-order valence-corrected chi connectivity index (χ4v) is 1.68. The van der Waals surface area contributed by atoms with Gasteiger partial charge < -0.3 is 0 Å². The Bertz CT molecular complexity index is 391. The van der Waals surface area contributed by atoms with Crippen molar-refractivity contribution in [2.75, 3.05) is 0 Å². The normalized spacial score (nSPS) is 16.9. The molecule has 1 aromatic carbocycles. The molecule has 0 aliphatic heterocycles. The van der Waals surface area contributed by atoms with E-state index in [2.05, 4.69) is 0 Å². The van der Waals surface area contributed by atoms with Gasteiger partial charge in [-0.15, -0.1) is 0 Å². The molecule has 1 fully saturated rings. The van der Waals surface area contributed by atoms with E-state index < -0.39 is 11.6 Å². The van der Waals surface area contributed by atoms with Gasteiger partial charge in [0.25, 0.3) is 0 Å². The van der Waals surface area contributed by atoms with Crippen molar-refractivity contribution in [1.29, 1.82) is 0 Å². The lowest BCUT2D eigenvalue weighted by Crippen LogP contribution is -2.22. The summed E-state index contributed by atoms with van der Waals surface area (Å²) in [4.78, 5) is 10.7. The second-order valence-electron chi connectivity index (χ2n) is 3.77. The van der Waals surface area contributed by atoms with Gasteiger partial charge in [0.15, 0.2) is 0 Å². The fraction of sp³-hybridized carbons (Fsp3) is 0.364. The molecule has 0 saturated heterocycles. The zero-order valence-electron chi connectivity index (χ0n) is 7.81. The van der Waals surface area contributed by atoms with Crippen molar-refractivity contribution in [1.82, 2.24) is 0 Å². The van der Waals surface area contributed by atoms with Crippen LogP contribution in [0.15, 0.2) is 12.1 Å². The number of carbonyl (C=O) groups excluding carboxylic acids is 1. The van der Waals surface area contributed by atoms with Crippen LogP contribution in [0.3, 0.4) is 0 Å². The van der Waals surface area contributed by atoms with Crippen molar-refractivity contribution >= 4 is 5.78 Å². The standard InChI is InChI=1S/C11H10F2O/c1-6-2-11(13)9(5-10(6)12)7-3-8(14)4-7/h2,5,7H,3-4H2,1H3. The number of hydrogen-bond acceptors (Lipinski definition) is 1. The minimum Gasteiger partial charge on any atom is -0.300 e. The average Bonchev–Trinajstić information content (AvgIpc) is 2.07. The number of rotatable bonds is 1. The monoisotopic (exact) mass is 196 g/mol. The molecule has 74 valence electrons. The van der Waals surface area contributed by atoms with Crippen LogP contribution in [-0.4, -0.2) is 5.78 Å². The van der Waals surface area contributed by atoms with Crippen molar-refractivity contribution in [2.45, 2.75) is 25.7 Å². The molecule has 0 amide bonds. The van der Waals surface area contributed by atoms with Crippen LogP contribution in [0.2, 0.25) is 0 Å². The van der Waals surface area contributed by atoms with Crippen LogP contribution in [0.5, 0.6) is 0 Å². The van der Waals surface area contributed by atoms with E-state index in [1.807, 2.05) is 0 Å². The van der Waals surface area contributed by atoms with E-state index in [1.54, 1.807) is 0 Å². The SMILES string of the molecule is Cc1cc(F)c(C2CC(=O)C2)cc1F. The topological polar surface area (TPSA) is 17.1 Å². The third-order valence-electron chi connectivity index (χ3n) is 2.67. The molecule has 1 aliphatic rings. The predicted octanol–water partition coefficient (Wildman–Crippen LogP) is 2.72. The third kappa shape index (κ3) is 1.43. The number of benzene rings is 1. The molecular formula is C11H10F2O. The molecule has 0 radical (unpaired) electrons. The van der Waals surface area contributed by atoms with Gasteiger partial charge in [0.2, 0.25) is 0 Å². The van der Waals surface area contributed by atoms with E-state index >= 15 is 0 Å². The van der Waals surface area contributed by atoms with Crippen LogP contribution in [0.1, 0.15) is 29.9 Å². The second kappa shape index (κ2) is 3.15. The summed E-state index contributed by atoms with van der Waals surface area (Å²) in [6, 6.07) is 2.40. The maximum Gasteiger partial charge on any atom is 0.134 e. The minimum absolute atomic E-state index is 0.113. The first-order valence-corrected chi connectivity index (χ1v) is 4.55. The Balaban J connectivity index is 2.34. The zero-order valence-corrected chi connectivity index (χ0v) is 7.81. The number of aryl methyl sites for hydroxylation is 1. The van der Waals surface area contributed by atoms with Crippen molar-refractivity contribution in [3.05, 3.63) is 34.9 Å². The molecule has 14 heavy (non-hydrogen) atoms. The summed E-state index contributed by atoms with van der Waals surface area (Å²) in [6.07, 6.45) is 0.693. The van der Waals surface area contributed by atoms with Gasteiger partial charge in [-0.05, 0) is 30.2 Å². The number of carbonyl (C=O) groups is 1. The van der Waals surface area contributed by atoms with E-state index in [-0.39, 0.29) is 11.7 Å². The summed E-state index contributed by atoms with van der Waals surface area (Å²) >= 11 is 0. The molecule has 1 saturated carbocycles. The Kier molecular flexibility index (Phi) is 2.10. The maximum absolute atomic E-state index is 13.4. The van der Waals surface area contributed by atoms with Gasteiger partial charge >= 0.3 is 0 Å². The van der Waals surface area contributed by atoms with E-state index in [4.69, 9.17) is 0 Å². The lowest BCUT2D eigenvalue weighted by molar-refractivity contribution is -0.124. The van der Waals surface area contributed by atoms with Crippen molar-refractivity contribution in [3.8, 4) is 0 Å². The molecule has 0 heterocycles. The largest absolute Gasteiger partial charge is 0.300 e. The highest BCUT2D eigenvalue weighted by Crippen LogP contribution is 2.35. The van der Waals surface area contributed by atoms with Gasteiger partial charge in [-0.1, -0.05) is 0 Å². The summed E-state index contributed by atoms with van der Waals surface area (Å²) < 4.78 is 26.5. The molecule has 0 spiro atoms. The lowest BCUT2D eigenvalue weighted by atomic mass is 9.78. The van der Waals surface area contributed by atoms with E-state index in [0.717, 1.165) is 0 Å². The maximum atomic E-state index is 13.4. The van der Waals surface area contributed by atoms with Crippen LogP contribution in [-0.2, 0) is 4.79 Å². The molecule has 0 atom stereocenters. The van der Waals surface area contributed by atoms with Gasteiger partial charge in [-0.25, -0.2) is 8.78 Å². The first-order chi connectivity index (χ1) is 6.58. The molecular weight excluding hydrogens is 186 g/mol. The summed E-state index contributed by atoms with van der Waals surface area (Å²) in [5.74, 6) is -0.796. The summed E-state index contributed by atoms with van der Waals surface area (Å²) in [6.45, 7) is 1.52. The number of ketones is 1. The Morgan fingerprint density at radius 1 is 1.21 bits per heavy atom. The highest BCUT2D eigenvalue weighted by atomic mass is 19.1. The van der Waals surface area contributed by atoms with Crippen LogP contribution >= 0.6 is 0 Å². The molecule has 1 aliphatic carbocycles. The molecule has 0 aromatic heterocycles. The molecule has 0 N–H and O–H groups in total. The lowest BCUT2D eigenvalue weighted by Gasteiger charge is -2.25. The Morgan fingerprint density at radius 2 is 1.86 bits per heavy atom. The molecule has 0 bridgehead atoms. The number of Topliss-reactive ketones (excluding diaryl/α,β-unsaturated/α-hetero) is 1. The van der Waals surface area contributed by atoms with Crippen LogP contribution in [0.4, 0.5) is 8.78 Å². The number of halogens is 2. The predicted molar refractivity (Wildman–Crippen MR) is 48.1 cm³/mol. The van der Waals surface area contributed by atoms with E-state index in [1.165, 1.54) is 19.1 Å². The highest BCUT2D eigenvalue weighted by Gasteiger charge is 2.30. The van der Waals surface area contributed by atoms with Gasteiger partial charge in [0.1, 0.15) is 17.4 Å². The summed E-state index contributed by atoms with van der Waals surface area (Å²) in [7, 11) is 0. The van der Waals surface area contributed by atoms with Gasteiger partial charge in [0.05, 0.1) is 0 Å². The zero-order chi connectivity index (χ0) is 10.3. The summed E-state index contributed by atoms with van der Waals surface area (Å²) in [5.41, 5.74) is 0.643. The smallest absolute Gasteiger partial charge is 0.134 e. The molecule has 2 rings (SSSR count). The average molecular weight is 196 g/mol. The Hall–Kier alpha value is -1.25. The Labute approximate surface area is 80.7 Å². The van der Waals surface area contributed by atoms with Gasteiger partial charge in [-0.2, -0.15) is 0 Å². The van der Waals surface area contributed by atoms with E-state index in [9.17, 15) is 13.6 Å². The molecule has 3 heteroatoms. The van der Waals surface area contributed by atoms with Crippen LogP contribution in [0.25, 0.3) is 0 Å². The first-order valence-electron chi connectivity index (χ1n) is 4.55. The van der Waals surface area contributed by atoms with Gasteiger partial charge in [-0.3, -0.25) is 4.79 Å². The Morgan fingerprint density at radius 3 is 2.43 bits per heavy atom. The molecule has 0 unspecified atom stereocenters. The molecule has 1 nitrogen and oxygen atoms in total. The summed E-state index contributed by atoms with van der Waals surface area (Å²) in [5, 5.41) is 0. The van der Waals surface area contributed by atoms with Crippen LogP contribution in [0, 0.1) is 18.6 Å². The molecule has 1 aromatic rings. The second-order valence-corrected chi connectivity index (χ2v) is 3.77. The third-order valence-corrected chi connectivity index (χ3v) is 2.67. The van der Waals surface area contributed by atoms with Crippen molar-refractivity contribution in [2.24, 2.45) is 0 Å². The van der Waals surface area contributed by atoms with Crippen molar-refractivity contribution in [3.63, 3.8) is 0 Å². The quantitative estimate of drug-likeness (QED) is 0.675. The van der Waals surface area contributed by atoms with Crippen LogP contribution < -0.4 is 0 Å². The first kappa shape index (κ1) is 9.31. The van der Waals surface area contributed by atoms with Crippen molar-refractivity contribution < 1.29 is 13.6 Å². The van der Waals surface area contributed by atoms with Gasteiger partial charge in [0, 0.05) is 18.8 Å². The van der Waals surface area contributed by atoms with E-state index in [0.29, 0.717) is 24.0 Å². The number of hydrogen-bond donors (Lipinski definition) is 0. The minimum atomic E-state index is -0.402.